The zero-order valence-corrected chi connectivity index (χ0v) is 12.0. The Morgan fingerprint density at radius 2 is 1.76 bits per heavy atom. The van der Waals surface area contributed by atoms with Crippen molar-refractivity contribution in [1.82, 2.24) is 0 Å². The molecule has 0 saturated carbocycles. The van der Waals surface area contributed by atoms with Gasteiger partial charge < -0.3 is 16.2 Å². The summed E-state index contributed by atoms with van der Waals surface area (Å²) in [5.41, 5.74) is 6.34. The Hall–Kier alpha value is -2.54. The number of amides is 1. The minimum atomic E-state index is -3.27. The van der Waals surface area contributed by atoms with Crippen LogP contribution in [0.4, 0.5) is 11.4 Å². The highest BCUT2D eigenvalue weighted by molar-refractivity contribution is 7.90. The molecule has 0 spiro atoms. The van der Waals surface area contributed by atoms with E-state index >= 15 is 0 Å². The fourth-order valence-corrected chi connectivity index (χ4v) is 2.30. The third-order valence-corrected chi connectivity index (χ3v) is 3.96. The van der Waals surface area contributed by atoms with Crippen molar-refractivity contribution < 1.29 is 18.3 Å². The number of sulfone groups is 1. The summed E-state index contributed by atoms with van der Waals surface area (Å²) in [6.45, 7) is 0. The van der Waals surface area contributed by atoms with Gasteiger partial charge >= 0.3 is 0 Å². The summed E-state index contributed by atoms with van der Waals surface area (Å²) in [5, 5.41) is 12.1. The van der Waals surface area contributed by atoms with E-state index in [2.05, 4.69) is 5.32 Å². The fourth-order valence-electron chi connectivity index (χ4n) is 1.67. The molecule has 7 heteroatoms. The lowest BCUT2D eigenvalue weighted by atomic mass is 10.1. The van der Waals surface area contributed by atoms with Gasteiger partial charge in [0.05, 0.1) is 10.6 Å². The first-order valence-corrected chi connectivity index (χ1v) is 7.86. The second-order valence-corrected chi connectivity index (χ2v) is 6.54. The van der Waals surface area contributed by atoms with Gasteiger partial charge in [-0.1, -0.05) is 0 Å². The van der Waals surface area contributed by atoms with Gasteiger partial charge in [0.2, 0.25) is 0 Å². The van der Waals surface area contributed by atoms with E-state index in [1.54, 1.807) is 0 Å². The highest BCUT2D eigenvalue weighted by Gasteiger charge is 2.10. The van der Waals surface area contributed by atoms with E-state index in [0.29, 0.717) is 5.69 Å². The normalized spacial score (nSPS) is 11.1. The summed E-state index contributed by atoms with van der Waals surface area (Å²) >= 11 is 0. The molecular weight excluding hydrogens is 292 g/mol. The molecule has 0 aliphatic rings. The number of benzene rings is 2. The van der Waals surface area contributed by atoms with Gasteiger partial charge in [-0.05, 0) is 42.5 Å². The molecule has 0 atom stereocenters. The highest BCUT2D eigenvalue weighted by Crippen LogP contribution is 2.21. The largest absolute Gasteiger partial charge is 0.506 e. The minimum Gasteiger partial charge on any atom is -0.506 e. The first-order valence-electron chi connectivity index (χ1n) is 5.97. The number of hydrogen-bond acceptors (Lipinski definition) is 5. The number of nitrogens with two attached hydrogens (primary N) is 1. The SMILES string of the molecule is CS(=O)(=O)c1ccc(NC(=O)c2ccc(N)c(O)c2)cc1. The number of carbonyl (C=O) groups is 1. The van der Waals surface area contributed by atoms with Crippen LogP contribution >= 0.6 is 0 Å². The standard InChI is InChI=1S/C14H14N2O4S/c1-21(19,20)11-5-3-10(4-6-11)16-14(18)9-2-7-12(15)13(17)8-9/h2-8,17H,15H2,1H3,(H,16,18). The van der Waals surface area contributed by atoms with Gasteiger partial charge in [0.1, 0.15) is 5.75 Å². The third-order valence-electron chi connectivity index (χ3n) is 2.83. The number of nitrogens with one attached hydrogen (secondary N) is 1. The van der Waals surface area contributed by atoms with E-state index in [4.69, 9.17) is 5.73 Å². The van der Waals surface area contributed by atoms with E-state index < -0.39 is 15.7 Å². The Kier molecular flexibility index (Phi) is 3.86. The predicted molar refractivity (Wildman–Crippen MR) is 80.0 cm³/mol. The molecule has 0 saturated heterocycles. The summed E-state index contributed by atoms with van der Waals surface area (Å²) in [6, 6.07) is 9.97. The van der Waals surface area contributed by atoms with Crippen LogP contribution in [-0.4, -0.2) is 25.7 Å². The number of anilines is 2. The molecule has 0 aliphatic heterocycles. The summed E-state index contributed by atoms with van der Waals surface area (Å²) in [7, 11) is -3.27. The quantitative estimate of drug-likeness (QED) is 0.590. The molecule has 0 aliphatic carbocycles. The first kappa shape index (κ1) is 14.9. The van der Waals surface area contributed by atoms with Gasteiger partial charge in [0.15, 0.2) is 9.84 Å². The Balaban J connectivity index is 2.18. The number of hydrogen-bond donors (Lipinski definition) is 3. The maximum absolute atomic E-state index is 12.0. The maximum Gasteiger partial charge on any atom is 0.255 e. The number of nitrogen functional groups attached to an aromatic ring is 1. The summed E-state index contributed by atoms with van der Waals surface area (Å²) in [6.07, 6.45) is 1.11. The number of phenolic OH excluding ortho intramolecular Hbond substituents is 1. The van der Waals surface area contributed by atoms with Crippen molar-refractivity contribution in [3.63, 3.8) is 0 Å². The maximum atomic E-state index is 12.0. The van der Waals surface area contributed by atoms with Crippen LogP contribution in [0.5, 0.6) is 5.75 Å². The van der Waals surface area contributed by atoms with Crippen molar-refractivity contribution in [2.24, 2.45) is 0 Å². The van der Waals surface area contributed by atoms with Crippen LogP contribution in [0, 0.1) is 0 Å². The monoisotopic (exact) mass is 306 g/mol. The molecule has 0 radical (unpaired) electrons. The van der Waals surface area contributed by atoms with E-state index in [1.165, 1.54) is 42.5 Å². The molecule has 110 valence electrons. The second kappa shape index (κ2) is 5.45. The number of carbonyl (C=O) groups excluding carboxylic acids is 1. The molecular formula is C14H14N2O4S. The zero-order valence-electron chi connectivity index (χ0n) is 11.2. The lowest BCUT2D eigenvalue weighted by Crippen LogP contribution is -2.12. The first-order chi connectivity index (χ1) is 9.77. The van der Waals surface area contributed by atoms with Crippen LogP contribution in [0.1, 0.15) is 10.4 Å². The van der Waals surface area contributed by atoms with E-state index in [9.17, 15) is 18.3 Å². The Labute approximate surface area is 122 Å². The molecule has 0 heterocycles. The molecule has 6 nitrogen and oxygen atoms in total. The number of phenols is 1. The summed E-state index contributed by atoms with van der Waals surface area (Å²) < 4.78 is 22.7. The van der Waals surface area contributed by atoms with Crippen molar-refractivity contribution in [2.75, 3.05) is 17.3 Å². The van der Waals surface area contributed by atoms with Gasteiger partial charge in [-0.15, -0.1) is 0 Å². The molecule has 2 aromatic carbocycles. The van der Waals surface area contributed by atoms with Crippen LogP contribution in [-0.2, 0) is 9.84 Å². The van der Waals surface area contributed by atoms with Gasteiger partial charge in [-0.25, -0.2) is 8.42 Å². The Bertz CT molecular complexity index is 783. The third kappa shape index (κ3) is 3.51. The topological polar surface area (TPSA) is 109 Å². The predicted octanol–water partition coefficient (Wildman–Crippen LogP) is 1.63. The molecule has 0 aromatic heterocycles. The van der Waals surface area contributed by atoms with Crippen molar-refractivity contribution in [3.05, 3.63) is 48.0 Å². The lowest BCUT2D eigenvalue weighted by Gasteiger charge is -2.07. The van der Waals surface area contributed by atoms with Gasteiger partial charge in [-0.3, -0.25) is 4.79 Å². The Morgan fingerprint density at radius 3 is 2.29 bits per heavy atom. The lowest BCUT2D eigenvalue weighted by molar-refractivity contribution is 0.102. The van der Waals surface area contributed by atoms with Crippen LogP contribution in [0.25, 0.3) is 0 Å². The van der Waals surface area contributed by atoms with Crippen LogP contribution < -0.4 is 11.1 Å². The molecule has 0 fully saturated rings. The minimum absolute atomic E-state index is 0.171. The number of aromatic hydroxyl groups is 1. The van der Waals surface area contributed by atoms with Gasteiger partial charge in [0.25, 0.3) is 5.91 Å². The van der Waals surface area contributed by atoms with Crippen LogP contribution in [0.2, 0.25) is 0 Å². The van der Waals surface area contributed by atoms with Crippen LogP contribution in [0.15, 0.2) is 47.4 Å². The molecule has 2 rings (SSSR count). The molecule has 0 unspecified atom stereocenters. The molecule has 21 heavy (non-hydrogen) atoms. The second-order valence-electron chi connectivity index (χ2n) is 4.52. The highest BCUT2D eigenvalue weighted by atomic mass is 32.2. The molecule has 1 amide bonds. The molecule has 4 N–H and O–H groups in total. The van der Waals surface area contributed by atoms with Gasteiger partial charge in [-0.2, -0.15) is 0 Å². The smallest absolute Gasteiger partial charge is 0.255 e. The van der Waals surface area contributed by atoms with E-state index in [1.807, 2.05) is 0 Å². The van der Waals surface area contributed by atoms with Crippen molar-refractivity contribution >= 4 is 27.1 Å². The van der Waals surface area contributed by atoms with Crippen molar-refractivity contribution in [2.45, 2.75) is 4.90 Å². The molecule has 0 bridgehead atoms. The average molecular weight is 306 g/mol. The Morgan fingerprint density at radius 1 is 1.14 bits per heavy atom. The fraction of sp³-hybridized carbons (Fsp3) is 0.0714. The van der Waals surface area contributed by atoms with Gasteiger partial charge in [0, 0.05) is 17.5 Å². The van der Waals surface area contributed by atoms with E-state index in [-0.39, 0.29) is 21.9 Å². The summed E-state index contributed by atoms with van der Waals surface area (Å²) in [4.78, 5) is 12.2. The number of rotatable bonds is 3. The van der Waals surface area contributed by atoms with E-state index in [0.717, 1.165) is 6.26 Å². The van der Waals surface area contributed by atoms with Crippen molar-refractivity contribution in [1.29, 1.82) is 0 Å². The van der Waals surface area contributed by atoms with Crippen LogP contribution in [0.3, 0.4) is 0 Å². The average Bonchev–Trinajstić information content (AvgIpc) is 2.41. The zero-order chi connectivity index (χ0) is 15.6. The summed E-state index contributed by atoms with van der Waals surface area (Å²) in [5.74, 6) is -0.604. The van der Waals surface area contributed by atoms with Crippen molar-refractivity contribution in [3.8, 4) is 5.75 Å². The molecule has 2 aromatic rings.